The highest BCUT2D eigenvalue weighted by Gasteiger charge is 2.16. The quantitative estimate of drug-likeness (QED) is 0.848. The molecule has 1 aromatic heterocycles. The summed E-state index contributed by atoms with van der Waals surface area (Å²) < 4.78 is 5.66. The van der Waals surface area contributed by atoms with E-state index in [1.807, 2.05) is 31.2 Å². The normalized spacial score (nSPS) is 10.5. The van der Waals surface area contributed by atoms with Crippen molar-refractivity contribution in [2.45, 2.75) is 26.7 Å². The van der Waals surface area contributed by atoms with Gasteiger partial charge >= 0.3 is 5.97 Å². The Kier molecular flexibility index (Phi) is 5.51. The fourth-order valence-corrected chi connectivity index (χ4v) is 2.19. The Morgan fingerprint density at radius 2 is 1.96 bits per heavy atom. The molecule has 0 aliphatic carbocycles. The summed E-state index contributed by atoms with van der Waals surface area (Å²) in [5.41, 5.74) is 2.10. The van der Waals surface area contributed by atoms with Crippen molar-refractivity contribution in [1.82, 2.24) is 9.88 Å². The molecule has 2 aromatic rings. The summed E-state index contributed by atoms with van der Waals surface area (Å²) in [6.07, 6.45) is 2.16. The number of carboxylic acid groups (broad SMARTS) is 1. The minimum atomic E-state index is -1.02. The molecule has 0 saturated carbocycles. The topological polar surface area (TPSA) is 83.6 Å². The second kappa shape index (κ2) is 7.58. The monoisotopic (exact) mass is 316 g/mol. The van der Waals surface area contributed by atoms with E-state index in [0.717, 1.165) is 11.1 Å². The van der Waals surface area contributed by atoms with E-state index in [1.54, 1.807) is 13.1 Å². The molecule has 1 heterocycles. The summed E-state index contributed by atoms with van der Waals surface area (Å²) >= 11 is 0. The summed E-state index contributed by atoms with van der Waals surface area (Å²) in [6, 6.07) is 7.89. The molecule has 0 bridgehead atoms. The second-order valence-electron chi connectivity index (χ2n) is 5.29. The number of carboxylic acids is 1. The van der Waals surface area contributed by atoms with E-state index in [0.29, 0.717) is 24.6 Å². The minimum absolute atomic E-state index is 0.176. The summed E-state index contributed by atoms with van der Waals surface area (Å²) in [5.74, 6) is -0.103. The Morgan fingerprint density at radius 1 is 1.26 bits per heavy atom. The maximum absolute atomic E-state index is 12.0. The maximum atomic E-state index is 12.0. The van der Waals surface area contributed by atoms with Gasteiger partial charge in [0.15, 0.2) is 11.7 Å². The number of carbonyl (C=O) groups excluding carboxylic acids is 1. The first-order chi connectivity index (χ1) is 11.0. The molecule has 1 aromatic carbocycles. The van der Waals surface area contributed by atoms with Crippen LogP contribution in [0, 0.1) is 6.92 Å². The SMILES string of the molecule is CCN(CC(=O)O)C(=O)CCc1ncc(-c2ccc(C)cc2)o1. The first-order valence-corrected chi connectivity index (χ1v) is 7.51. The average Bonchev–Trinajstić information content (AvgIpc) is 2.99. The van der Waals surface area contributed by atoms with Gasteiger partial charge in [-0.3, -0.25) is 9.59 Å². The van der Waals surface area contributed by atoms with E-state index in [4.69, 9.17) is 9.52 Å². The van der Waals surface area contributed by atoms with Crippen LogP contribution in [0.3, 0.4) is 0 Å². The van der Waals surface area contributed by atoms with E-state index < -0.39 is 5.97 Å². The third-order valence-electron chi connectivity index (χ3n) is 3.50. The molecule has 0 radical (unpaired) electrons. The largest absolute Gasteiger partial charge is 0.480 e. The molecule has 122 valence electrons. The molecule has 0 unspecified atom stereocenters. The Bertz CT molecular complexity index is 676. The van der Waals surface area contributed by atoms with E-state index in [2.05, 4.69) is 4.98 Å². The van der Waals surface area contributed by atoms with Gasteiger partial charge in [-0.2, -0.15) is 0 Å². The average molecular weight is 316 g/mol. The van der Waals surface area contributed by atoms with Gasteiger partial charge in [-0.25, -0.2) is 4.98 Å². The lowest BCUT2D eigenvalue weighted by Gasteiger charge is -2.17. The number of aryl methyl sites for hydroxylation is 2. The molecule has 1 amide bonds. The van der Waals surface area contributed by atoms with Crippen LogP contribution in [0.1, 0.15) is 24.8 Å². The predicted molar refractivity (Wildman–Crippen MR) is 84.9 cm³/mol. The van der Waals surface area contributed by atoms with Gasteiger partial charge in [-0.1, -0.05) is 29.8 Å². The van der Waals surface area contributed by atoms with E-state index in [-0.39, 0.29) is 18.9 Å². The molecule has 2 rings (SSSR count). The number of hydrogen-bond acceptors (Lipinski definition) is 4. The lowest BCUT2D eigenvalue weighted by Crippen LogP contribution is -2.35. The molecule has 6 nitrogen and oxygen atoms in total. The Labute approximate surface area is 134 Å². The van der Waals surface area contributed by atoms with Crippen LogP contribution in [0.5, 0.6) is 0 Å². The van der Waals surface area contributed by atoms with Gasteiger partial charge < -0.3 is 14.4 Å². The van der Waals surface area contributed by atoms with Gasteiger partial charge in [0.1, 0.15) is 6.54 Å². The van der Waals surface area contributed by atoms with Crippen molar-refractivity contribution in [2.24, 2.45) is 0 Å². The smallest absolute Gasteiger partial charge is 0.323 e. The van der Waals surface area contributed by atoms with Crippen LogP contribution >= 0.6 is 0 Å². The van der Waals surface area contributed by atoms with Crippen molar-refractivity contribution in [3.8, 4) is 11.3 Å². The van der Waals surface area contributed by atoms with Crippen LogP contribution in [-0.2, 0) is 16.0 Å². The van der Waals surface area contributed by atoms with Gasteiger partial charge in [0.2, 0.25) is 5.91 Å². The Balaban J connectivity index is 1.95. The first kappa shape index (κ1) is 16.7. The van der Waals surface area contributed by atoms with Crippen molar-refractivity contribution in [3.05, 3.63) is 41.9 Å². The van der Waals surface area contributed by atoms with Crippen molar-refractivity contribution >= 4 is 11.9 Å². The molecule has 23 heavy (non-hydrogen) atoms. The zero-order valence-electron chi connectivity index (χ0n) is 13.3. The lowest BCUT2D eigenvalue weighted by atomic mass is 10.1. The number of amides is 1. The standard InChI is InChI=1S/C17H20N2O4/c1-3-19(11-17(21)22)16(20)9-8-15-18-10-14(23-15)13-6-4-12(2)5-7-13/h4-7,10H,3,8-9,11H2,1-2H3,(H,21,22). The van der Waals surface area contributed by atoms with Crippen LogP contribution in [0.15, 0.2) is 34.9 Å². The fourth-order valence-electron chi connectivity index (χ4n) is 2.19. The number of aromatic nitrogens is 1. The molecule has 0 aliphatic rings. The lowest BCUT2D eigenvalue weighted by molar-refractivity contribution is -0.144. The summed E-state index contributed by atoms with van der Waals surface area (Å²) in [7, 11) is 0. The van der Waals surface area contributed by atoms with Crippen LogP contribution < -0.4 is 0 Å². The second-order valence-corrected chi connectivity index (χ2v) is 5.29. The number of carbonyl (C=O) groups is 2. The van der Waals surface area contributed by atoms with E-state index >= 15 is 0 Å². The number of likely N-dealkylation sites (N-methyl/N-ethyl adjacent to an activating group) is 1. The third-order valence-corrected chi connectivity index (χ3v) is 3.50. The zero-order valence-corrected chi connectivity index (χ0v) is 13.3. The zero-order chi connectivity index (χ0) is 16.8. The molecule has 0 aliphatic heterocycles. The fraction of sp³-hybridized carbons (Fsp3) is 0.353. The van der Waals surface area contributed by atoms with Crippen molar-refractivity contribution in [3.63, 3.8) is 0 Å². The molecule has 0 saturated heterocycles. The van der Waals surface area contributed by atoms with Gasteiger partial charge in [-0.05, 0) is 13.8 Å². The highest BCUT2D eigenvalue weighted by molar-refractivity contribution is 5.81. The van der Waals surface area contributed by atoms with Crippen LogP contribution in [0.2, 0.25) is 0 Å². The van der Waals surface area contributed by atoms with Gasteiger partial charge in [0.25, 0.3) is 0 Å². The molecular weight excluding hydrogens is 296 g/mol. The minimum Gasteiger partial charge on any atom is -0.480 e. The third kappa shape index (κ3) is 4.67. The van der Waals surface area contributed by atoms with Crippen LogP contribution in [0.25, 0.3) is 11.3 Å². The maximum Gasteiger partial charge on any atom is 0.323 e. The summed E-state index contributed by atoms with van der Waals surface area (Å²) in [5, 5.41) is 8.77. The predicted octanol–water partition coefficient (Wildman–Crippen LogP) is 2.52. The number of nitrogens with zero attached hydrogens (tertiary/aromatic N) is 2. The molecular formula is C17H20N2O4. The van der Waals surface area contributed by atoms with Crippen LogP contribution in [0.4, 0.5) is 0 Å². The number of aliphatic carboxylic acids is 1. The van der Waals surface area contributed by atoms with Gasteiger partial charge in [-0.15, -0.1) is 0 Å². The van der Waals surface area contributed by atoms with Crippen molar-refractivity contribution in [1.29, 1.82) is 0 Å². The number of benzene rings is 1. The summed E-state index contributed by atoms with van der Waals surface area (Å²) in [4.78, 5) is 28.2. The Morgan fingerprint density at radius 3 is 2.57 bits per heavy atom. The van der Waals surface area contributed by atoms with Crippen molar-refractivity contribution in [2.75, 3.05) is 13.1 Å². The highest BCUT2D eigenvalue weighted by Crippen LogP contribution is 2.21. The molecule has 1 N–H and O–H groups in total. The number of hydrogen-bond donors (Lipinski definition) is 1. The molecule has 0 fully saturated rings. The molecule has 0 atom stereocenters. The highest BCUT2D eigenvalue weighted by atomic mass is 16.4. The summed E-state index contributed by atoms with van der Waals surface area (Å²) in [6.45, 7) is 3.85. The number of rotatable bonds is 7. The van der Waals surface area contributed by atoms with Gasteiger partial charge in [0.05, 0.1) is 6.20 Å². The van der Waals surface area contributed by atoms with Gasteiger partial charge in [0, 0.05) is 24.9 Å². The van der Waals surface area contributed by atoms with Crippen LogP contribution in [-0.4, -0.2) is 40.0 Å². The van der Waals surface area contributed by atoms with E-state index in [9.17, 15) is 9.59 Å². The Hall–Kier alpha value is -2.63. The van der Waals surface area contributed by atoms with Crippen molar-refractivity contribution < 1.29 is 19.1 Å². The first-order valence-electron chi connectivity index (χ1n) is 7.51. The van der Waals surface area contributed by atoms with E-state index in [1.165, 1.54) is 4.90 Å². The number of oxazole rings is 1. The molecule has 6 heteroatoms. The molecule has 0 spiro atoms.